The second kappa shape index (κ2) is 7.56. The van der Waals surface area contributed by atoms with Crippen molar-refractivity contribution in [2.24, 2.45) is 0 Å². The number of hydrogen-bond acceptors (Lipinski definition) is 3. The Morgan fingerprint density at radius 2 is 2.08 bits per heavy atom. The number of benzene rings is 1. The van der Waals surface area contributed by atoms with E-state index in [1.54, 1.807) is 20.8 Å². The number of aryl methyl sites for hydroxylation is 2. The van der Waals surface area contributed by atoms with Gasteiger partial charge in [-0.3, -0.25) is 0 Å². The summed E-state index contributed by atoms with van der Waals surface area (Å²) < 4.78 is 22.1. The fourth-order valence-corrected chi connectivity index (χ4v) is 2.86. The van der Waals surface area contributed by atoms with Crippen LogP contribution in [0.3, 0.4) is 0 Å². The van der Waals surface area contributed by atoms with E-state index < -0.39 is 11.7 Å². The number of ether oxygens (including phenoxy) is 1. The highest BCUT2D eigenvalue weighted by Crippen LogP contribution is 2.27. The van der Waals surface area contributed by atoms with Crippen LogP contribution in [-0.2, 0) is 11.3 Å². The molecule has 2 rings (SSSR count). The zero-order chi connectivity index (χ0) is 18.8. The molecule has 0 fully saturated rings. The molecule has 1 N–H and O–H groups in total. The zero-order valence-electron chi connectivity index (χ0n) is 15.1. The van der Waals surface area contributed by atoms with Crippen molar-refractivity contribution in [3.63, 3.8) is 0 Å². The third-order valence-electron chi connectivity index (χ3n) is 3.52. The minimum Gasteiger partial charge on any atom is -0.444 e. The SMILES string of the molecule is Cc1ccc(Br)c2nc(C)n(C/C(F)=C/CNC(=O)OC(C)(C)C)c12. The fourth-order valence-electron chi connectivity index (χ4n) is 2.46. The first-order valence-corrected chi connectivity index (χ1v) is 8.81. The van der Waals surface area contributed by atoms with Crippen molar-refractivity contribution >= 4 is 33.1 Å². The number of alkyl carbamates (subject to hydrolysis) is 1. The van der Waals surface area contributed by atoms with Crippen molar-refractivity contribution in [3.8, 4) is 0 Å². The molecular formula is C18H23BrFN3O2. The predicted octanol–water partition coefficient (Wildman–Crippen LogP) is 4.79. The first-order chi connectivity index (χ1) is 11.6. The molecule has 0 saturated heterocycles. The van der Waals surface area contributed by atoms with Gasteiger partial charge in [0.2, 0.25) is 0 Å². The average Bonchev–Trinajstić information content (AvgIpc) is 2.79. The second-order valence-electron chi connectivity index (χ2n) is 6.84. The Morgan fingerprint density at radius 3 is 2.72 bits per heavy atom. The molecule has 0 aliphatic carbocycles. The van der Waals surface area contributed by atoms with Gasteiger partial charge in [0.25, 0.3) is 0 Å². The van der Waals surface area contributed by atoms with Crippen molar-refractivity contribution < 1.29 is 13.9 Å². The molecule has 0 aliphatic heterocycles. The Hall–Kier alpha value is -1.89. The molecule has 0 radical (unpaired) electrons. The third kappa shape index (κ3) is 5.04. The summed E-state index contributed by atoms with van der Waals surface area (Å²) >= 11 is 3.48. The van der Waals surface area contributed by atoms with E-state index in [0.717, 1.165) is 26.9 Å². The number of amides is 1. The number of hydrogen-bond donors (Lipinski definition) is 1. The van der Waals surface area contributed by atoms with Crippen molar-refractivity contribution in [1.82, 2.24) is 14.9 Å². The number of fused-ring (bicyclic) bond motifs is 1. The Morgan fingerprint density at radius 1 is 1.40 bits per heavy atom. The molecule has 1 aromatic heterocycles. The molecule has 0 aliphatic rings. The van der Waals surface area contributed by atoms with Gasteiger partial charge in [-0.15, -0.1) is 0 Å². The molecule has 1 heterocycles. The molecule has 1 aromatic carbocycles. The van der Waals surface area contributed by atoms with Crippen LogP contribution in [0.5, 0.6) is 0 Å². The van der Waals surface area contributed by atoms with E-state index in [0.29, 0.717) is 0 Å². The molecule has 0 bridgehead atoms. The third-order valence-corrected chi connectivity index (χ3v) is 4.16. The standard InChI is InChI=1S/C18H23BrFN3O2/c1-11-6-7-14(19)15-16(11)23(12(2)22-15)10-13(20)8-9-21-17(24)25-18(3,4)5/h6-8H,9-10H2,1-5H3,(H,21,24)/b13-8-. The number of carbonyl (C=O) groups excluding carboxylic acids is 1. The number of nitrogens with zero attached hydrogens (tertiary/aromatic N) is 2. The first-order valence-electron chi connectivity index (χ1n) is 8.02. The van der Waals surface area contributed by atoms with Gasteiger partial charge in [0.1, 0.15) is 22.8 Å². The summed E-state index contributed by atoms with van der Waals surface area (Å²) in [5.41, 5.74) is 2.16. The topological polar surface area (TPSA) is 56.2 Å². The van der Waals surface area contributed by atoms with Gasteiger partial charge in [0, 0.05) is 11.0 Å². The minimum atomic E-state index is -0.579. The van der Waals surface area contributed by atoms with E-state index in [1.807, 2.05) is 30.5 Å². The van der Waals surface area contributed by atoms with Gasteiger partial charge in [-0.05, 0) is 68.3 Å². The number of aromatic nitrogens is 2. The Bertz CT molecular complexity index is 822. The monoisotopic (exact) mass is 411 g/mol. The molecule has 5 nitrogen and oxygen atoms in total. The van der Waals surface area contributed by atoms with Gasteiger partial charge >= 0.3 is 6.09 Å². The Labute approximate surface area is 155 Å². The Kier molecular flexibility index (Phi) is 5.87. The molecule has 136 valence electrons. The molecule has 0 spiro atoms. The number of imidazole rings is 1. The average molecular weight is 412 g/mol. The number of rotatable bonds is 4. The van der Waals surface area contributed by atoms with Gasteiger partial charge < -0.3 is 14.6 Å². The highest BCUT2D eigenvalue weighted by Gasteiger charge is 2.16. The van der Waals surface area contributed by atoms with Gasteiger partial charge in [0.05, 0.1) is 12.1 Å². The number of allylic oxidation sites excluding steroid dienone is 1. The maximum Gasteiger partial charge on any atom is 0.407 e. The summed E-state index contributed by atoms with van der Waals surface area (Å²) in [7, 11) is 0. The lowest BCUT2D eigenvalue weighted by Crippen LogP contribution is -2.32. The van der Waals surface area contributed by atoms with Gasteiger partial charge in [-0.2, -0.15) is 0 Å². The number of halogens is 2. The normalized spacial score (nSPS) is 12.5. The molecule has 7 heteroatoms. The summed E-state index contributed by atoms with van der Waals surface area (Å²) in [4.78, 5) is 16.1. The summed E-state index contributed by atoms with van der Waals surface area (Å²) in [5.74, 6) is 0.381. The molecular weight excluding hydrogens is 389 g/mol. The highest BCUT2D eigenvalue weighted by molar-refractivity contribution is 9.10. The van der Waals surface area contributed by atoms with Crippen LogP contribution in [0.1, 0.15) is 32.2 Å². The van der Waals surface area contributed by atoms with Crippen LogP contribution in [-0.4, -0.2) is 27.8 Å². The maximum atomic E-state index is 14.3. The van der Waals surface area contributed by atoms with Gasteiger partial charge in [-0.1, -0.05) is 6.07 Å². The zero-order valence-corrected chi connectivity index (χ0v) is 16.7. The lowest BCUT2D eigenvalue weighted by molar-refractivity contribution is 0.0534. The fraction of sp³-hybridized carbons (Fsp3) is 0.444. The van der Waals surface area contributed by atoms with E-state index in [4.69, 9.17) is 4.74 Å². The summed E-state index contributed by atoms with van der Waals surface area (Å²) in [6, 6.07) is 3.90. The van der Waals surface area contributed by atoms with Crippen molar-refractivity contribution in [1.29, 1.82) is 0 Å². The number of carbonyl (C=O) groups is 1. The molecule has 2 aromatic rings. The van der Waals surface area contributed by atoms with Crippen molar-refractivity contribution in [2.75, 3.05) is 6.54 Å². The molecule has 0 unspecified atom stereocenters. The first kappa shape index (κ1) is 19.4. The molecule has 1 amide bonds. The van der Waals surface area contributed by atoms with Crippen molar-refractivity contribution in [3.05, 3.63) is 39.9 Å². The van der Waals surface area contributed by atoms with Crippen LogP contribution in [0, 0.1) is 13.8 Å². The van der Waals surface area contributed by atoms with Gasteiger partial charge in [-0.25, -0.2) is 14.2 Å². The Balaban J connectivity index is 2.09. The largest absolute Gasteiger partial charge is 0.444 e. The summed E-state index contributed by atoms with van der Waals surface area (Å²) in [5, 5.41) is 2.51. The lowest BCUT2D eigenvalue weighted by Gasteiger charge is -2.19. The molecule has 0 atom stereocenters. The van der Waals surface area contributed by atoms with E-state index >= 15 is 0 Å². The molecule has 25 heavy (non-hydrogen) atoms. The van der Waals surface area contributed by atoms with Crippen LogP contribution in [0.2, 0.25) is 0 Å². The smallest absolute Gasteiger partial charge is 0.407 e. The van der Waals surface area contributed by atoms with E-state index in [1.165, 1.54) is 6.08 Å². The van der Waals surface area contributed by atoms with E-state index in [9.17, 15) is 9.18 Å². The second-order valence-corrected chi connectivity index (χ2v) is 7.69. The van der Waals surface area contributed by atoms with Crippen LogP contribution < -0.4 is 5.32 Å². The quantitative estimate of drug-likeness (QED) is 0.786. The highest BCUT2D eigenvalue weighted by atomic mass is 79.9. The summed E-state index contributed by atoms with van der Waals surface area (Å²) in [6.07, 6.45) is 0.767. The van der Waals surface area contributed by atoms with Crippen LogP contribution in [0.4, 0.5) is 9.18 Å². The van der Waals surface area contributed by atoms with Crippen LogP contribution in [0.15, 0.2) is 28.5 Å². The lowest BCUT2D eigenvalue weighted by atomic mass is 10.2. The molecule has 0 saturated carbocycles. The minimum absolute atomic E-state index is 0.0646. The van der Waals surface area contributed by atoms with E-state index in [2.05, 4.69) is 26.2 Å². The van der Waals surface area contributed by atoms with E-state index in [-0.39, 0.29) is 18.9 Å². The van der Waals surface area contributed by atoms with Crippen LogP contribution in [0.25, 0.3) is 11.0 Å². The summed E-state index contributed by atoms with van der Waals surface area (Å²) in [6.45, 7) is 9.27. The van der Waals surface area contributed by atoms with Crippen LogP contribution >= 0.6 is 15.9 Å². The van der Waals surface area contributed by atoms with Crippen molar-refractivity contribution in [2.45, 2.75) is 46.8 Å². The number of nitrogens with one attached hydrogen (secondary N) is 1. The maximum absolute atomic E-state index is 14.3. The van der Waals surface area contributed by atoms with Gasteiger partial charge in [0.15, 0.2) is 0 Å². The predicted molar refractivity (Wildman–Crippen MR) is 100 cm³/mol.